The first-order chi connectivity index (χ1) is 15.4. The lowest BCUT2D eigenvalue weighted by Gasteiger charge is -2.49. The van der Waals surface area contributed by atoms with E-state index in [0.29, 0.717) is 6.42 Å². The van der Waals surface area contributed by atoms with E-state index in [1.54, 1.807) is 0 Å². The Morgan fingerprint density at radius 3 is 2.56 bits per heavy atom. The lowest BCUT2D eigenvalue weighted by Crippen LogP contribution is -2.68. The fraction of sp³-hybridized carbons (Fsp3) is 0.250. The van der Waals surface area contributed by atoms with E-state index >= 15 is 0 Å². The number of carbonyl (C=O) groups excluding carboxylic acids is 1. The zero-order valence-corrected chi connectivity index (χ0v) is 18.7. The SMILES string of the molecule is Cn1c2ccccc2c2ccc(/C=C/C34NC(=O)CCN3c3ccccc3C4(C)C)cc21. The first kappa shape index (κ1) is 19.2. The van der Waals surface area contributed by atoms with Crippen LogP contribution in [0.5, 0.6) is 0 Å². The van der Waals surface area contributed by atoms with Crippen LogP contribution in [0.3, 0.4) is 0 Å². The predicted octanol–water partition coefficient (Wildman–Crippen LogP) is 5.36. The Morgan fingerprint density at radius 1 is 0.938 bits per heavy atom. The highest BCUT2D eigenvalue weighted by Crippen LogP contribution is 2.52. The van der Waals surface area contributed by atoms with E-state index < -0.39 is 5.66 Å². The van der Waals surface area contributed by atoms with E-state index in [0.717, 1.165) is 12.1 Å². The Labute approximate surface area is 188 Å². The molecule has 32 heavy (non-hydrogen) atoms. The van der Waals surface area contributed by atoms with Gasteiger partial charge in [0.15, 0.2) is 0 Å². The summed E-state index contributed by atoms with van der Waals surface area (Å²) in [5, 5.41) is 5.90. The molecule has 1 atom stereocenters. The van der Waals surface area contributed by atoms with Crippen molar-refractivity contribution in [2.24, 2.45) is 7.05 Å². The molecule has 1 saturated heterocycles. The second kappa shape index (κ2) is 6.49. The molecule has 0 radical (unpaired) electrons. The van der Waals surface area contributed by atoms with Gasteiger partial charge in [-0.1, -0.05) is 68.5 Å². The minimum atomic E-state index is -0.583. The average Bonchev–Trinajstić information content (AvgIpc) is 3.19. The van der Waals surface area contributed by atoms with Gasteiger partial charge in [0.25, 0.3) is 0 Å². The number of hydrogen-bond acceptors (Lipinski definition) is 2. The summed E-state index contributed by atoms with van der Waals surface area (Å²) in [7, 11) is 2.12. The second-order valence-corrected chi connectivity index (χ2v) is 9.54. The third-order valence-electron chi connectivity index (χ3n) is 7.59. The van der Waals surface area contributed by atoms with Gasteiger partial charge >= 0.3 is 0 Å². The molecule has 1 aromatic heterocycles. The standard InChI is InChI=1S/C28H27N3O/c1-27(2)22-9-5-7-11-24(22)31-17-15-26(32)29-28(27,31)16-14-19-12-13-21-20-8-4-6-10-23(20)30(3)25(21)18-19/h4-14,16,18H,15,17H2,1-3H3,(H,29,32)/b16-14+. The number of hydrogen-bond donors (Lipinski definition) is 1. The molecule has 4 heteroatoms. The van der Waals surface area contributed by atoms with Gasteiger partial charge in [0.05, 0.1) is 0 Å². The maximum atomic E-state index is 12.6. The summed E-state index contributed by atoms with van der Waals surface area (Å²) in [6.45, 7) is 5.18. The van der Waals surface area contributed by atoms with Gasteiger partial charge in [0, 0.05) is 52.9 Å². The van der Waals surface area contributed by atoms with E-state index in [4.69, 9.17) is 0 Å². The predicted molar refractivity (Wildman–Crippen MR) is 132 cm³/mol. The topological polar surface area (TPSA) is 37.3 Å². The summed E-state index contributed by atoms with van der Waals surface area (Å²) >= 11 is 0. The summed E-state index contributed by atoms with van der Waals surface area (Å²) in [5.74, 6) is 0.107. The summed E-state index contributed by atoms with van der Waals surface area (Å²) < 4.78 is 2.25. The molecule has 1 fully saturated rings. The molecule has 160 valence electrons. The zero-order chi connectivity index (χ0) is 22.1. The molecule has 3 heterocycles. The van der Waals surface area contributed by atoms with Gasteiger partial charge < -0.3 is 14.8 Å². The van der Waals surface area contributed by atoms with Crippen LogP contribution in [0.1, 0.15) is 31.4 Å². The molecule has 4 nitrogen and oxygen atoms in total. The van der Waals surface area contributed by atoms with Crippen molar-refractivity contribution >= 4 is 39.5 Å². The molecule has 2 aliphatic heterocycles. The fourth-order valence-electron chi connectivity index (χ4n) is 5.82. The Morgan fingerprint density at radius 2 is 1.69 bits per heavy atom. The van der Waals surface area contributed by atoms with E-state index in [-0.39, 0.29) is 11.3 Å². The zero-order valence-electron chi connectivity index (χ0n) is 18.7. The van der Waals surface area contributed by atoms with Crippen molar-refractivity contribution < 1.29 is 4.79 Å². The molecular formula is C28H27N3O. The summed E-state index contributed by atoms with van der Waals surface area (Å²) in [6, 6.07) is 23.7. The number of aromatic nitrogens is 1. The first-order valence-corrected chi connectivity index (χ1v) is 11.3. The molecule has 1 unspecified atom stereocenters. The van der Waals surface area contributed by atoms with Gasteiger partial charge in [-0.3, -0.25) is 4.79 Å². The van der Waals surface area contributed by atoms with E-state index in [9.17, 15) is 4.79 Å². The largest absolute Gasteiger partial charge is 0.344 e. The van der Waals surface area contributed by atoms with Crippen molar-refractivity contribution in [3.05, 3.63) is 83.9 Å². The van der Waals surface area contributed by atoms with Gasteiger partial charge in [-0.15, -0.1) is 0 Å². The van der Waals surface area contributed by atoms with Crippen LogP contribution in [-0.2, 0) is 17.3 Å². The van der Waals surface area contributed by atoms with Gasteiger partial charge in [-0.25, -0.2) is 0 Å². The smallest absolute Gasteiger partial charge is 0.223 e. The quantitative estimate of drug-likeness (QED) is 0.473. The highest BCUT2D eigenvalue weighted by molar-refractivity contribution is 6.08. The number of rotatable bonds is 2. The van der Waals surface area contributed by atoms with Crippen LogP contribution in [0.4, 0.5) is 5.69 Å². The second-order valence-electron chi connectivity index (χ2n) is 9.54. The number of nitrogens with one attached hydrogen (secondary N) is 1. The Balaban J connectivity index is 1.48. The van der Waals surface area contributed by atoms with Crippen molar-refractivity contribution in [2.45, 2.75) is 31.3 Å². The molecule has 0 saturated carbocycles. The Hall–Kier alpha value is -3.53. The fourth-order valence-corrected chi connectivity index (χ4v) is 5.82. The Bertz CT molecular complexity index is 1430. The van der Waals surface area contributed by atoms with Crippen LogP contribution in [0.15, 0.2) is 72.8 Å². The average molecular weight is 422 g/mol. The molecule has 1 amide bonds. The van der Waals surface area contributed by atoms with Crippen LogP contribution in [0.2, 0.25) is 0 Å². The van der Waals surface area contributed by atoms with Crippen molar-refractivity contribution in [1.82, 2.24) is 9.88 Å². The van der Waals surface area contributed by atoms with Crippen LogP contribution >= 0.6 is 0 Å². The van der Waals surface area contributed by atoms with Crippen molar-refractivity contribution in [1.29, 1.82) is 0 Å². The minimum Gasteiger partial charge on any atom is -0.344 e. The molecule has 4 aromatic rings. The number of aryl methyl sites for hydroxylation is 1. The lowest BCUT2D eigenvalue weighted by molar-refractivity contribution is -0.124. The van der Waals surface area contributed by atoms with Crippen LogP contribution < -0.4 is 10.2 Å². The van der Waals surface area contributed by atoms with Crippen molar-refractivity contribution in [2.75, 3.05) is 11.4 Å². The molecule has 0 aliphatic carbocycles. The van der Waals surface area contributed by atoms with E-state index in [1.165, 1.54) is 33.1 Å². The molecule has 0 bridgehead atoms. The van der Waals surface area contributed by atoms with Crippen molar-refractivity contribution in [3.8, 4) is 0 Å². The molecular weight excluding hydrogens is 394 g/mol. The monoisotopic (exact) mass is 421 g/mol. The summed E-state index contributed by atoms with van der Waals surface area (Å²) in [6.07, 6.45) is 4.89. The number of anilines is 1. The lowest BCUT2D eigenvalue weighted by atomic mass is 9.74. The minimum absolute atomic E-state index is 0.107. The number of carbonyl (C=O) groups is 1. The first-order valence-electron chi connectivity index (χ1n) is 11.3. The maximum Gasteiger partial charge on any atom is 0.223 e. The highest BCUT2D eigenvalue weighted by Gasteiger charge is 2.57. The molecule has 0 spiro atoms. The molecule has 1 N–H and O–H groups in total. The number of amides is 1. The van der Waals surface area contributed by atoms with Crippen LogP contribution in [0.25, 0.3) is 27.9 Å². The van der Waals surface area contributed by atoms with Gasteiger partial charge in [-0.05, 0) is 35.4 Å². The van der Waals surface area contributed by atoms with Gasteiger partial charge in [0.1, 0.15) is 5.66 Å². The third-order valence-corrected chi connectivity index (χ3v) is 7.59. The Kier molecular flexibility index (Phi) is 3.89. The number of para-hydroxylation sites is 2. The molecule has 2 aliphatic rings. The summed E-state index contributed by atoms with van der Waals surface area (Å²) in [4.78, 5) is 15.0. The maximum absolute atomic E-state index is 12.6. The van der Waals surface area contributed by atoms with E-state index in [2.05, 4.69) is 115 Å². The number of benzene rings is 3. The molecule has 6 rings (SSSR count). The highest BCUT2D eigenvalue weighted by atomic mass is 16.2. The van der Waals surface area contributed by atoms with Crippen LogP contribution in [-0.4, -0.2) is 22.7 Å². The normalized spacial score (nSPS) is 21.8. The van der Waals surface area contributed by atoms with Gasteiger partial charge in [-0.2, -0.15) is 0 Å². The number of nitrogens with zero attached hydrogens (tertiary/aromatic N) is 2. The van der Waals surface area contributed by atoms with Gasteiger partial charge in [0.2, 0.25) is 5.91 Å². The summed E-state index contributed by atoms with van der Waals surface area (Å²) in [5.41, 5.74) is 5.22. The number of fused-ring (bicyclic) bond motifs is 6. The van der Waals surface area contributed by atoms with Crippen LogP contribution in [0, 0.1) is 0 Å². The molecule has 3 aromatic carbocycles. The van der Waals surface area contributed by atoms with Crippen molar-refractivity contribution in [3.63, 3.8) is 0 Å². The third kappa shape index (κ3) is 2.41. The van der Waals surface area contributed by atoms with E-state index in [1.807, 2.05) is 0 Å².